The summed E-state index contributed by atoms with van der Waals surface area (Å²) in [5, 5.41) is 11.5. The molecular formula is C16H22N2O7S. The molecule has 0 spiro atoms. The first-order valence-electron chi connectivity index (χ1n) is 7.91. The van der Waals surface area contributed by atoms with E-state index in [0.717, 1.165) is 0 Å². The minimum Gasteiger partial charge on any atom is -0.495 e. The molecule has 1 aliphatic rings. The van der Waals surface area contributed by atoms with Gasteiger partial charge in [0.1, 0.15) is 16.2 Å². The molecule has 0 bridgehead atoms. The summed E-state index contributed by atoms with van der Waals surface area (Å²) >= 11 is 0. The fourth-order valence-electron chi connectivity index (χ4n) is 2.36. The third-order valence-corrected chi connectivity index (χ3v) is 5.89. The highest BCUT2D eigenvalue weighted by atomic mass is 32.2. The highest BCUT2D eigenvalue weighted by Crippen LogP contribution is 2.28. The molecular weight excluding hydrogens is 364 g/mol. The normalized spacial score (nSPS) is 16.1. The van der Waals surface area contributed by atoms with Crippen LogP contribution in [0, 0.1) is 0 Å². The van der Waals surface area contributed by atoms with Crippen LogP contribution in [0.3, 0.4) is 0 Å². The standard InChI is InChI=1S/C16H22N2O7S/c1-16(2,15(20)21)17-14(19)11-4-5-12(24-3)13(10-11)26(22,23)18-6-8-25-9-7-18/h4-5,10H,6-9H2,1-3H3,(H,17,19)(H,20,21). The van der Waals surface area contributed by atoms with Crippen LogP contribution in [0.25, 0.3) is 0 Å². The molecule has 0 aliphatic carbocycles. The largest absolute Gasteiger partial charge is 0.495 e. The zero-order chi connectivity index (χ0) is 19.5. The maximum atomic E-state index is 12.9. The molecule has 0 unspecified atom stereocenters. The lowest BCUT2D eigenvalue weighted by Crippen LogP contribution is -2.49. The van der Waals surface area contributed by atoms with Crippen molar-refractivity contribution in [2.24, 2.45) is 0 Å². The molecule has 2 rings (SSSR count). The number of carbonyl (C=O) groups is 2. The van der Waals surface area contributed by atoms with Crippen molar-refractivity contribution in [2.75, 3.05) is 33.4 Å². The van der Waals surface area contributed by atoms with Gasteiger partial charge in [-0.1, -0.05) is 0 Å². The molecule has 26 heavy (non-hydrogen) atoms. The summed E-state index contributed by atoms with van der Waals surface area (Å²) in [6, 6.07) is 3.94. The van der Waals surface area contributed by atoms with Crippen molar-refractivity contribution in [2.45, 2.75) is 24.3 Å². The predicted octanol–water partition coefficient (Wildman–Crippen LogP) is 0.309. The molecule has 144 valence electrons. The molecule has 0 aromatic heterocycles. The van der Waals surface area contributed by atoms with Crippen LogP contribution in [0.4, 0.5) is 0 Å². The SMILES string of the molecule is COc1ccc(C(=O)NC(C)(C)C(=O)O)cc1S(=O)(=O)N1CCOCC1. The van der Waals surface area contributed by atoms with Gasteiger partial charge in [-0.15, -0.1) is 0 Å². The molecule has 1 heterocycles. The Balaban J connectivity index is 2.39. The molecule has 0 radical (unpaired) electrons. The van der Waals surface area contributed by atoms with Gasteiger partial charge in [-0.05, 0) is 32.0 Å². The van der Waals surface area contributed by atoms with Gasteiger partial charge in [0, 0.05) is 18.7 Å². The van der Waals surface area contributed by atoms with E-state index in [2.05, 4.69) is 5.32 Å². The molecule has 1 fully saturated rings. The summed E-state index contributed by atoms with van der Waals surface area (Å²) in [6.07, 6.45) is 0. The van der Waals surface area contributed by atoms with Gasteiger partial charge in [0.15, 0.2) is 0 Å². The molecule has 1 aromatic carbocycles. The zero-order valence-corrected chi connectivity index (χ0v) is 15.6. The van der Waals surface area contributed by atoms with Gasteiger partial charge in [0.25, 0.3) is 5.91 Å². The van der Waals surface area contributed by atoms with Crippen molar-refractivity contribution in [1.29, 1.82) is 0 Å². The number of carboxylic acid groups (broad SMARTS) is 1. The molecule has 0 atom stereocenters. The fraction of sp³-hybridized carbons (Fsp3) is 0.500. The summed E-state index contributed by atoms with van der Waals surface area (Å²) in [6.45, 7) is 3.65. The minimum absolute atomic E-state index is 0.0203. The van der Waals surface area contributed by atoms with Crippen LogP contribution in [-0.4, -0.2) is 68.7 Å². The summed E-state index contributed by atoms with van der Waals surface area (Å²) in [5.74, 6) is -1.80. The van der Waals surface area contributed by atoms with Crippen molar-refractivity contribution >= 4 is 21.9 Å². The lowest BCUT2D eigenvalue weighted by Gasteiger charge is -2.27. The second-order valence-corrected chi connectivity index (χ2v) is 8.17. The highest BCUT2D eigenvalue weighted by Gasteiger charge is 2.32. The Morgan fingerprint density at radius 2 is 1.88 bits per heavy atom. The molecule has 10 heteroatoms. The maximum Gasteiger partial charge on any atom is 0.328 e. The summed E-state index contributed by atoms with van der Waals surface area (Å²) in [5.41, 5.74) is -1.48. The van der Waals surface area contributed by atoms with E-state index in [1.165, 1.54) is 43.5 Å². The van der Waals surface area contributed by atoms with E-state index < -0.39 is 27.4 Å². The topological polar surface area (TPSA) is 122 Å². The second kappa shape index (κ2) is 7.60. The number of methoxy groups -OCH3 is 1. The predicted molar refractivity (Wildman–Crippen MR) is 91.8 cm³/mol. The maximum absolute atomic E-state index is 12.9. The number of aliphatic carboxylic acids is 1. The second-order valence-electron chi connectivity index (χ2n) is 6.27. The lowest BCUT2D eigenvalue weighted by atomic mass is 10.1. The monoisotopic (exact) mass is 386 g/mol. The number of amides is 1. The number of carboxylic acids is 1. The Morgan fingerprint density at radius 1 is 1.27 bits per heavy atom. The Hall–Kier alpha value is -2.17. The number of rotatable bonds is 6. The summed E-state index contributed by atoms with van der Waals surface area (Å²) in [7, 11) is -2.55. The first-order valence-corrected chi connectivity index (χ1v) is 9.35. The van der Waals surface area contributed by atoms with E-state index >= 15 is 0 Å². The average Bonchev–Trinajstić information content (AvgIpc) is 2.61. The smallest absolute Gasteiger partial charge is 0.328 e. The Kier molecular flexibility index (Phi) is 5.89. The van der Waals surface area contributed by atoms with Crippen LogP contribution in [0.1, 0.15) is 24.2 Å². The van der Waals surface area contributed by atoms with Gasteiger partial charge in [-0.3, -0.25) is 4.79 Å². The number of sulfonamides is 1. The van der Waals surface area contributed by atoms with Crippen LogP contribution in [-0.2, 0) is 19.6 Å². The first-order chi connectivity index (χ1) is 12.1. The molecule has 2 N–H and O–H groups in total. The third-order valence-electron chi connectivity index (χ3n) is 3.97. The number of hydrogen-bond donors (Lipinski definition) is 2. The number of nitrogens with zero attached hydrogens (tertiary/aromatic N) is 1. The number of hydrogen-bond acceptors (Lipinski definition) is 6. The number of benzene rings is 1. The van der Waals surface area contributed by atoms with E-state index in [1.54, 1.807) is 0 Å². The van der Waals surface area contributed by atoms with E-state index in [0.29, 0.717) is 0 Å². The minimum atomic E-state index is -3.89. The van der Waals surface area contributed by atoms with E-state index in [9.17, 15) is 18.0 Å². The molecule has 1 amide bonds. The summed E-state index contributed by atoms with van der Waals surface area (Å²) < 4.78 is 37.4. The zero-order valence-electron chi connectivity index (χ0n) is 14.8. The third kappa shape index (κ3) is 4.14. The number of carbonyl (C=O) groups excluding carboxylic acids is 1. The van der Waals surface area contributed by atoms with Gasteiger partial charge < -0.3 is 19.9 Å². The average molecular weight is 386 g/mol. The van der Waals surface area contributed by atoms with E-state index in [1.807, 2.05) is 0 Å². The van der Waals surface area contributed by atoms with Gasteiger partial charge in [-0.25, -0.2) is 13.2 Å². The Morgan fingerprint density at radius 3 is 2.42 bits per heavy atom. The number of morpholine rings is 1. The van der Waals surface area contributed by atoms with Crippen molar-refractivity contribution in [3.05, 3.63) is 23.8 Å². The van der Waals surface area contributed by atoms with Crippen LogP contribution in [0.15, 0.2) is 23.1 Å². The number of nitrogens with one attached hydrogen (secondary N) is 1. The highest BCUT2D eigenvalue weighted by molar-refractivity contribution is 7.89. The van der Waals surface area contributed by atoms with Crippen LogP contribution < -0.4 is 10.1 Å². The van der Waals surface area contributed by atoms with Crippen LogP contribution in [0.2, 0.25) is 0 Å². The first kappa shape index (κ1) is 20.1. The van der Waals surface area contributed by atoms with Crippen LogP contribution >= 0.6 is 0 Å². The van der Waals surface area contributed by atoms with Crippen LogP contribution in [0.5, 0.6) is 5.75 Å². The lowest BCUT2D eigenvalue weighted by molar-refractivity contribution is -0.143. The molecule has 1 saturated heterocycles. The quantitative estimate of drug-likeness (QED) is 0.721. The fourth-order valence-corrected chi connectivity index (χ4v) is 3.94. The van der Waals surface area contributed by atoms with Crippen molar-refractivity contribution in [3.8, 4) is 5.75 Å². The van der Waals surface area contributed by atoms with Gasteiger partial charge in [0.2, 0.25) is 10.0 Å². The number of ether oxygens (including phenoxy) is 2. The van der Waals surface area contributed by atoms with Crippen molar-refractivity contribution < 1.29 is 32.6 Å². The molecule has 1 aromatic rings. The van der Waals surface area contributed by atoms with E-state index in [-0.39, 0.29) is 42.5 Å². The van der Waals surface area contributed by atoms with Gasteiger partial charge in [-0.2, -0.15) is 4.31 Å². The molecule has 1 aliphatic heterocycles. The van der Waals surface area contributed by atoms with Crippen molar-refractivity contribution in [1.82, 2.24) is 9.62 Å². The van der Waals surface area contributed by atoms with Crippen molar-refractivity contribution in [3.63, 3.8) is 0 Å². The Bertz CT molecular complexity index is 799. The molecule has 0 saturated carbocycles. The van der Waals surface area contributed by atoms with Gasteiger partial charge >= 0.3 is 5.97 Å². The molecule has 9 nitrogen and oxygen atoms in total. The van der Waals surface area contributed by atoms with Gasteiger partial charge in [0.05, 0.1) is 20.3 Å². The Labute approximate surface area is 151 Å². The van der Waals surface area contributed by atoms with E-state index in [4.69, 9.17) is 14.6 Å². The summed E-state index contributed by atoms with van der Waals surface area (Å²) in [4.78, 5) is 23.4.